The number of aryl methyl sites for hydroxylation is 1. The highest BCUT2D eigenvalue weighted by atomic mass is 35.5. The van der Waals surface area contributed by atoms with E-state index in [0.717, 1.165) is 5.56 Å². The zero-order valence-corrected chi connectivity index (χ0v) is 11.3. The Kier molecular flexibility index (Phi) is 5.68. The SMILES string of the molecule is Cc1ccc(S(=O)(=O)NCC/C=C/CCl)cc1. The number of alkyl halides is 1. The first kappa shape index (κ1) is 14.2. The van der Waals surface area contributed by atoms with Crippen LogP contribution in [-0.2, 0) is 10.0 Å². The summed E-state index contributed by atoms with van der Waals surface area (Å²) in [5, 5.41) is 0. The van der Waals surface area contributed by atoms with Crippen molar-refractivity contribution in [1.29, 1.82) is 0 Å². The zero-order valence-electron chi connectivity index (χ0n) is 9.69. The van der Waals surface area contributed by atoms with Gasteiger partial charge in [-0.25, -0.2) is 13.1 Å². The van der Waals surface area contributed by atoms with Gasteiger partial charge in [-0.2, -0.15) is 0 Å². The van der Waals surface area contributed by atoms with Gasteiger partial charge in [-0.1, -0.05) is 29.8 Å². The molecule has 5 heteroatoms. The lowest BCUT2D eigenvalue weighted by molar-refractivity contribution is 0.582. The highest BCUT2D eigenvalue weighted by Crippen LogP contribution is 2.09. The number of hydrogen-bond acceptors (Lipinski definition) is 2. The molecule has 0 aliphatic carbocycles. The topological polar surface area (TPSA) is 46.2 Å². The molecule has 0 saturated carbocycles. The van der Waals surface area contributed by atoms with Gasteiger partial charge in [0, 0.05) is 12.4 Å². The minimum atomic E-state index is -3.38. The lowest BCUT2D eigenvalue weighted by Gasteiger charge is -2.05. The molecule has 1 aromatic rings. The summed E-state index contributed by atoms with van der Waals surface area (Å²) in [6, 6.07) is 6.77. The fraction of sp³-hybridized carbons (Fsp3) is 0.333. The van der Waals surface area contributed by atoms with Crippen LogP contribution in [0.15, 0.2) is 41.3 Å². The Morgan fingerprint density at radius 1 is 1.24 bits per heavy atom. The summed E-state index contributed by atoms with van der Waals surface area (Å²) in [4.78, 5) is 0.296. The molecule has 0 aliphatic heterocycles. The second-order valence-electron chi connectivity index (χ2n) is 3.63. The molecule has 0 aliphatic rings. The summed E-state index contributed by atoms with van der Waals surface area (Å²) in [6.45, 7) is 2.30. The van der Waals surface area contributed by atoms with Gasteiger partial charge in [0.15, 0.2) is 0 Å². The summed E-state index contributed by atoms with van der Waals surface area (Å²) in [5.41, 5.74) is 1.04. The molecule has 0 saturated heterocycles. The fourth-order valence-corrected chi connectivity index (χ4v) is 2.43. The van der Waals surface area contributed by atoms with Gasteiger partial charge >= 0.3 is 0 Å². The van der Waals surface area contributed by atoms with Gasteiger partial charge in [0.25, 0.3) is 0 Å². The lowest BCUT2D eigenvalue weighted by Crippen LogP contribution is -2.24. The largest absolute Gasteiger partial charge is 0.240 e. The Bertz CT molecular complexity index is 466. The van der Waals surface area contributed by atoms with Crippen LogP contribution in [0.4, 0.5) is 0 Å². The highest BCUT2D eigenvalue weighted by Gasteiger charge is 2.11. The van der Waals surface area contributed by atoms with E-state index in [9.17, 15) is 8.42 Å². The van der Waals surface area contributed by atoms with Crippen molar-refractivity contribution in [3.63, 3.8) is 0 Å². The number of halogens is 1. The Hall–Kier alpha value is -0.840. The molecule has 0 spiro atoms. The Balaban J connectivity index is 2.57. The average molecular weight is 274 g/mol. The second kappa shape index (κ2) is 6.79. The van der Waals surface area contributed by atoms with E-state index in [-0.39, 0.29) is 0 Å². The number of allylic oxidation sites excluding steroid dienone is 1. The first-order valence-electron chi connectivity index (χ1n) is 5.33. The van der Waals surface area contributed by atoms with Crippen molar-refractivity contribution in [1.82, 2.24) is 4.72 Å². The van der Waals surface area contributed by atoms with E-state index >= 15 is 0 Å². The molecule has 0 bridgehead atoms. The van der Waals surface area contributed by atoms with Gasteiger partial charge in [-0.15, -0.1) is 11.6 Å². The molecule has 0 heterocycles. The molecule has 1 N–H and O–H groups in total. The van der Waals surface area contributed by atoms with Crippen molar-refractivity contribution < 1.29 is 8.42 Å². The van der Waals surface area contributed by atoms with E-state index in [2.05, 4.69) is 4.72 Å². The number of benzene rings is 1. The van der Waals surface area contributed by atoms with Crippen LogP contribution in [0, 0.1) is 6.92 Å². The molecule has 0 fully saturated rings. The van der Waals surface area contributed by atoms with Crippen molar-refractivity contribution in [3.05, 3.63) is 42.0 Å². The molecule has 0 aromatic heterocycles. The second-order valence-corrected chi connectivity index (χ2v) is 5.70. The molecule has 0 atom stereocenters. The molecule has 0 unspecified atom stereocenters. The Morgan fingerprint density at radius 2 is 1.88 bits per heavy atom. The predicted molar refractivity (Wildman–Crippen MR) is 70.8 cm³/mol. The summed E-state index contributed by atoms with van der Waals surface area (Å²) >= 11 is 5.46. The number of hydrogen-bond donors (Lipinski definition) is 1. The lowest BCUT2D eigenvalue weighted by atomic mass is 10.2. The van der Waals surface area contributed by atoms with Gasteiger partial charge < -0.3 is 0 Å². The number of nitrogens with one attached hydrogen (secondary N) is 1. The Labute approximate surface area is 108 Å². The van der Waals surface area contributed by atoms with E-state index in [4.69, 9.17) is 11.6 Å². The minimum absolute atomic E-state index is 0.296. The normalized spacial score (nSPS) is 12.1. The van der Waals surface area contributed by atoms with Crippen LogP contribution in [0.25, 0.3) is 0 Å². The van der Waals surface area contributed by atoms with Crippen molar-refractivity contribution in [2.24, 2.45) is 0 Å². The highest BCUT2D eigenvalue weighted by molar-refractivity contribution is 7.89. The summed E-state index contributed by atoms with van der Waals surface area (Å²) in [6.07, 6.45) is 4.28. The first-order valence-corrected chi connectivity index (χ1v) is 7.35. The maximum Gasteiger partial charge on any atom is 0.240 e. The molecular formula is C12H16ClNO2S. The van der Waals surface area contributed by atoms with Gasteiger partial charge in [0.05, 0.1) is 4.90 Å². The minimum Gasteiger partial charge on any atom is -0.211 e. The monoisotopic (exact) mass is 273 g/mol. The maximum absolute atomic E-state index is 11.8. The van der Waals surface area contributed by atoms with E-state index in [1.54, 1.807) is 30.3 Å². The molecule has 1 aromatic carbocycles. The van der Waals surface area contributed by atoms with E-state index in [1.165, 1.54) is 0 Å². The third-order valence-corrected chi connectivity index (χ3v) is 3.85. The van der Waals surface area contributed by atoms with E-state index in [0.29, 0.717) is 23.7 Å². The van der Waals surface area contributed by atoms with Gasteiger partial charge in [0.1, 0.15) is 0 Å². The van der Waals surface area contributed by atoms with Crippen molar-refractivity contribution in [3.8, 4) is 0 Å². The first-order chi connectivity index (χ1) is 8.06. The average Bonchev–Trinajstić information content (AvgIpc) is 2.29. The third-order valence-electron chi connectivity index (χ3n) is 2.19. The van der Waals surface area contributed by atoms with Crippen LogP contribution < -0.4 is 4.72 Å². The zero-order chi connectivity index (χ0) is 12.7. The smallest absolute Gasteiger partial charge is 0.211 e. The quantitative estimate of drug-likeness (QED) is 0.492. The van der Waals surface area contributed by atoms with Gasteiger partial charge in [-0.05, 0) is 25.5 Å². The van der Waals surface area contributed by atoms with Crippen LogP contribution in [0.5, 0.6) is 0 Å². The number of sulfonamides is 1. The standard InChI is InChI=1S/C12H16ClNO2S/c1-11-5-7-12(8-6-11)17(15,16)14-10-4-2-3-9-13/h2-3,5-8,14H,4,9-10H2,1H3/b3-2+. The molecule has 17 heavy (non-hydrogen) atoms. The molecule has 0 radical (unpaired) electrons. The van der Waals surface area contributed by atoms with E-state index in [1.807, 2.05) is 13.0 Å². The van der Waals surface area contributed by atoms with Crippen molar-refractivity contribution >= 4 is 21.6 Å². The summed E-state index contributed by atoms with van der Waals surface area (Å²) in [5.74, 6) is 0.449. The molecule has 94 valence electrons. The van der Waals surface area contributed by atoms with Crippen LogP contribution in [0.1, 0.15) is 12.0 Å². The maximum atomic E-state index is 11.8. The summed E-state index contributed by atoms with van der Waals surface area (Å²) < 4.78 is 26.2. The van der Waals surface area contributed by atoms with Gasteiger partial charge in [-0.3, -0.25) is 0 Å². The van der Waals surface area contributed by atoms with E-state index < -0.39 is 10.0 Å². The van der Waals surface area contributed by atoms with Crippen LogP contribution >= 0.6 is 11.6 Å². The van der Waals surface area contributed by atoms with Crippen LogP contribution in [-0.4, -0.2) is 20.8 Å². The molecule has 1 rings (SSSR count). The van der Waals surface area contributed by atoms with Crippen LogP contribution in [0.2, 0.25) is 0 Å². The van der Waals surface area contributed by atoms with Gasteiger partial charge in [0.2, 0.25) is 10.0 Å². The fourth-order valence-electron chi connectivity index (χ4n) is 1.26. The van der Waals surface area contributed by atoms with Crippen LogP contribution in [0.3, 0.4) is 0 Å². The number of rotatable bonds is 6. The van der Waals surface area contributed by atoms with Crippen molar-refractivity contribution in [2.45, 2.75) is 18.2 Å². The summed E-state index contributed by atoms with van der Waals surface area (Å²) in [7, 11) is -3.38. The third kappa shape index (κ3) is 4.89. The molecular weight excluding hydrogens is 258 g/mol. The molecule has 3 nitrogen and oxygen atoms in total. The predicted octanol–water partition coefficient (Wildman–Crippen LogP) is 2.46. The van der Waals surface area contributed by atoms with Crippen molar-refractivity contribution in [2.75, 3.05) is 12.4 Å². The molecule has 0 amide bonds. The Morgan fingerprint density at radius 3 is 2.47 bits per heavy atom.